The zero-order valence-electron chi connectivity index (χ0n) is 35.7. The van der Waals surface area contributed by atoms with Gasteiger partial charge >= 0.3 is 0 Å². The van der Waals surface area contributed by atoms with Crippen molar-refractivity contribution in [1.29, 1.82) is 0 Å². The van der Waals surface area contributed by atoms with Gasteiger partial charge in [-0.2, -0.15) is 0 Å². The fourth-order valence-electron chi connectivity index (χ4n) is 12.1. The van der Waals surface area contributed by atoms with Gasteiger partial charge in [-0.25, -0.2) is 0 Å². The SMILES string of the molecule is C=CC1=C(/C=C\C)C(C)(C)c2ccc(-n3c4cccc5c4c4c6c(cc(N(c7ccccc7)c7cccc8ccccc78)cc6ccc43)C53c4ccccc4-c4ccccc43)cc21. The topological polar surface area (TPSA) is 8.17 Å². The third-order valence-corrected chi connectivity index (χ3v) is 14.6. The number of anilines is 3. The largest absolute Gasteiger partial charge is 0.310 e. The summed E-state index contributed by atoms with van der Waals surface area (Å²) in [6, 6.07) is 68.6. The Morgan fingerprint density at radius 1 is 0.508 bits per heavy atom. The van der Waals surface area contributed by atoms with Crippen LogP contribution in [0.1, 0.15) is 54.2 Å². The highest BCUT2D eigenvalue weighted by atomic mass is 15.1. The van der Waals surface area contributed by atoms with E-state index in [0.29, 0.717) is 0 Å². The Morgan fingerprint density at radius 3 is 1.97 bits per heavy atom. The molecule has 2 nitrogen and oxygen atoms in total. The molecule has 0 saturated carbocycles. The normalized spacial score (nSPS) is 15.1. The zero-order chi connectivity index (χ0) is 42.2. The van der Waals surface area contributed by atoms with Crippen LogP contribution in [0.25, 0.3) is 65.7 Å². The van der Waals surface area contributed by atoms with Crippen LogP contribution in [0.3, 0.4) is 0 Å². The standard InChI is InChI=1S/C61H44N2/c1-5-18-48-43(6-2)47-36-41(32-33-49(47)60(48,3)4)63-55-30-17-28-52-58(55)59-56(63)34-31-39-35-42(62(40-21-8-7-9-22-40)54-29-16-20-38-19-10-11-23-44(38)54)37-53(57(39)59)61(52)50-26-14-12-24-45(50)46-25-13-15-27-51(46)61/h5-37H,2H2,1,3-4H3/b18-5-. The maximum atomic E-state index is 4.33. The number of aromatic nitrogens is 1. The van der Waals surface area contributed by atoms with Gasteiger partial charge in [0, 0.05) is 38.6 Å². The van der Waals surface area contributed by atoms with Gasteiger partial charge in [0.25, 0.3) is 0 Å². The number of nitrogens with zero attached hydrogens (tertiary/aromatic N) is 2. The summed E-state index contributed by atoms with van der Waals surface area (Å²) in [4.78, 5) is 2.48. The minimum absolute atomic E-state index is 0.126. The van der Waals surface area contributed by atoms with Crippen LogP contribution in [0.4, 0.5) is 17.1 Å². The third kappa shape index (κ3) is 4.57. The summed E-state index contributed by atoms with van der Waals surface area (Å²) < 4.78 is 2.53. The molecule has 298 valence electrons. The van der Waals surface area contributed by atoms with Gasteiger partial charge < -0.3 is 9.47 Å². The molecule has 13 rings (SSSR count). The number of rotatable bonds is 6. The summed E-state index contributed by atoms with van der Waals surface area (Å²) in [6.07, 6.45) is 6.48. The second-order valence-corrected chi connectivity index (χ2v) is 18.0. The second-order valence-electron chi connectivity index (χ2n) is 18.0. The van der Waals surface area contributed by atoms with Crippen molar-refractivity contribution in [3.63, 3.8) is 0 Å². The molecule has 0 amide bonds. The van der Waals surface area contributed by atoms with E-state index in [1.807, 2.05) is 0 Å². The smallest absolute Gasteiger partial charge is 0.0727 e. The lowest BCUT2D eigenvalue weighted by Gasteiger charge is -2.39. The predicted molar refractivity (Wildman–Crippen MR) is 266 cm³/mol. The summed E-state index contributed by atoms with van der Waals surface area (Å²) in [5, 5.41) is 7.63. The third-order valence-electron chi connectivity index (χ3n) is 14.6. The molecule has 0 atom stereocenters. The van der Waals surface area contributed by atoms with E-state index >= 15 is 0 Å². The van der Waals surface area contributed by atoms with Crippen molar-refractivity contribution < 1.29 is 0 Å². The first-order chi connectivity index (χ1) is 30.9. The van der Waals surface area contributed by atoms with Crippen molar-refractivity contribution in [2.45, 2.75) is 31.6 Å². The van der Waals surface area contributed by atoms with E-state index < -0.39 is 5.41 Å². The number of allylic oxidation sites excluding steroid dienone is 5. The van der Waals surface area contributed by atoms with E-state index in [2.05, 4.69) is 237 Å². The highest BCUT2D eigenvalue weighted by molar-refractivity contribution is 6.27. The second kappa shape index (κ2) is 12.9. The number of benzene rings is 9. The average Bonchev–Trinajstić information content (AvgIpc) is 3.90. The molecule has 1 spiro atoms. The number of para-hydroxylation sites is 1. The molecule has 9 aromatic carbocycles. The Balaban J connectivity index is 1.18. The van der Waals surface area contributed by atoms with E-state index in [9.17, 15) is 0 Å². The molecule has 0 fully saturated rings. The number of hydrogen-bond donors (Lipinski definition) is 0. The van der Waals surface area contributed by atoms with E-state index in [1.54, 1.807) is 0 Å². The Hall–Kier alpha value is -7.68. The lowest BCUT2D eigenvalue weighted by Crippen LogP contribution is -2.31. The van der Waals surface area contributed by atoms with Crippen LogP contribution in [-0.4, -0.2) is 4.57 Å². The minimum Gasteiger partial charge on any atom is -0.310 e. The fraction of sp³-hybridized carbons (Fsp3) is 0.0820. The molecule has 1 heterocycles. The highest BCUT2D eigenvalue weighted by Gasteiger charge is 2.50. The maximum absolute atomic E-state index is 4.33. The summed E-state index contributed by atoms with van der Waals surface area (Å²) >= 11 is 0. The van der Waals surface area contributed by atoms with Gasteiger partial charge in [0.05, 0.1) is 22.1 Å². The Kier molecular flexibility index (Phi) is 7.39. The summed E-state index contributed by atoms with van der Waals surface area (Å²) in [6.45, 7) is 11.1. The fourth-order valence-corrected chi connectivity index (χ4v) is 12.1. The molecule has 0 radical (unpaired) electrons. The highest BCUT2D eigenvalue weighted by Crippen LogP contribution is 2.63. The zero-order valence-corrected chi connectivity index (χ0v) is 35.7. The van der Waals surface area contributed by atoms with Crippen molar-refractivity contribution in [2.75, 3.05) is 4.90 Å². The van der Waals surface area contributed by atoms with Crippen LogP contribution >= 0.6 is 0 Å². The van der Waals surface area contributed by atoms with Crippen LogP contribution in [0.15, 0.2) is 212 Å². The molecule has 1 aromatic heterocycles. The Labute approximate surface area is 368 Å². The van der Waals surface area contributed by atoms with Crippen molar-refractivity contribution in [1.82, 2.24) is 4.57 Å². The minimum atomic E-state index is -0.572. The summed E-state index contributed by atoms with van der Waals surface area (Å²) in [7, 11) is 0. The molecule has 2 heteroatoms. The van der Waals surface area contributed by atoms with Crippen LogP contribution in [0.2, 0.25) is 0 Å². The molecule has 0 unspecified atom stereocenters. The first-order valence-corrected chi connectivity index (χ1v) is 22.2. The molecule has 63 heavy (non-hydrogen) atoms. The number of hydrogen-bond acceptors (Lipinski definition) is 1. The Bertz CT molecular complexity index is 3640. The number of fused-ring (bicyclic) bond motifs is 9. The van der Waals surface area contributed by atoms with E-state index in [1.165, 1.54) is 99.0 Å². The molecule has 0 N–H and O–H groups in total. The molecule has 10 aromatic rings. The lowest BCUT2D eigenvalue weighted by molar-refractivity contribution is 0.654. The summed E-state index contributed by atoms with van der Waals surface area (Å²) in [5.74, 6) is 0. The summed E-state index contributed by atoms with van der Waals surface area (Å²) in [5.41, 5.74) is 19.4. The van der Waals surface area contributed by atoms with Gasteiger partial charge in [0.2, 0.25) is 0 Å². The van der Waals surface area contributed by atoms with Crippen molar-refractivity contribution >= 4 is 66.0 Å². The molecule has 3 aliphatic rings. The predicted octanol–water partition coefficient (Wildman–Crippen LogP) is 16.0. The van der Waals surface area contributed by atoms with Gasteiger partial charge in [-0.3, -0.25) is 0 Å². The first kappa shape index (κ1) is 36.0. The van der Waals surface area contributed by atoms with Crippen LogP contribution < -0.4 is 4.90 Å². The monoisotopic (exact) mass is 804 g/mol. The van der Waals surface area contributed by atoms with Crippen LogP contribution in [-0.2, 0) is 10.8 Å². The van der Waals surface area contributed by atoms with Crippen molar-refractivity contribution in [3.05, 3.63) is 246 Å². The lowest BCUT2D eigenvalue weighted by atomic mass is 9.63. The van der Waals surface area contributed by atoms with Gasteiger partial charge in [-0.15, -0.1) is 0 Å². The molecule has 0 aliphatic heterocycles. The van der Waals surface area contributed by atoms with Gasteiger partial charge in [-0.1, -0.05) is 166 Å². The molecule has 0 saturated heterocycles. The average molecular weight is 805 g/mol. The van der Waals surface area contributed by atoms with Crippen molar-refractivity contribution in [2.24, 2.45) is 0 Å². The van der Waals surface area contributed by atoms with Gasteiger partial charge in [0.15, 0.2) is 0 Å². The quantitative estimate of drug-likeness (QED) is 0.163. The maximum Gasteiger partial charge on any atom is 0.0727 e. The van der Waals surface area contributed by atoms with Crippen molar-refractivity contribution in [3.8, 4) is 16.8 Å². The van der Waals surface area contributed by atoms with E-state index in [-0.39, 0.29) is 5.41 Å². The van der Waals surface area contributed by atoms with E-state index in [0.717, 1.165) is 22.7 Å². The Morgan fingerprint density at radius 2 is 1.19 bits per heavy atom. The van der Waals surface area contributed by atoms with Gasteiger partial charge in [-0.05, 0) is 133 Å². The van der Waals surface area contributed by atoms with E-state index in [4.69, 9.17) is 0 Å². The first-order valence-electron chi connectivity index (χ1n) is 22.2. The molecule has 0 bridgehead atoms. The molecular weight excluding hydrogens is 761 g/mol. The van der Waals surface area contributed by atoms with Crippen LogP contribution in [0, 0.1) is 0 Å². The molecular formula is C61H44N2. The van der Waals surface area contributed by atoms with Gasteiger partial charge in [0.1, 0.15) is 0 Å². The van der Waals surface area contributed by atoms with Crippen LogP contribution in [0.5, 0.6) is 0 Å². The molecule has 3 aliphatic carbocycles.